The first kappa shape index (κ1) is 11.3. The van der Waals surface area contributed by atoms with Crippen LogP contribution in [0.5, 0.6) is 0 Å². The summed E-state index contributed by atoms with van der Waals surface area (Å²) in [6, 6.07) is 0. The topological polar surface area (TPSA) is 84.2 Å². The van der Waals surface area contributed by atoms with Gasteiger partial charge in [-0.2, -0.15) is 0 Å². The third-order valence-electron chi connectivity index (χ3n) is 1.74. The lowest BCUT2D eigenvalue weighted by molar-refractivity contribution is -0.384. The average Bonchev–Trinajstić information content (AvgIpc) is 2.17. The van der Waals surface area contributed by atoms with E-state index in [0.29, 0.717) is 6.54 Å². The fraction of sp³-hybridized carbons (Fsp3) is 0.500. The highest BCUT2D eigenvalue weighted by Crippen LogP contribution is 2.18. The van der Waals surface area contributed by atoms with Crippen molar-refractivity contribution in [2.75, 3.05) is 32.5 Å². The van der Waals surface area contributed by atoms with E-state index in [1.807, 2.05) is 19.0 Å². The Morgan fingerprint density at radius 1 is 1.60 bits per heavy atom. The molecule has 7 nitrogen and oxygen atoms in total. The molecule has 1 N–H and O–H groups in total. The van der Waals surface area contributed by atoms with Crippen molar-refractivity contribution in [3.8, 4) is 0 Å². The molecule has 0 aliphatic carbocycles. The highest BCUT2D eigenvalue weighted by atomic mass is 16.6. The standard InChI is InChI=1S/C8H13N5O2/c1-12(2)4-3-10-8-7(13(14)15)5-9-6-11-8/h5-6H,3-4H2,1-2H3,(H,9,10,11). The van der Waals surface area contributed by atoms with Gasteiger partial charge in [-0.3, -0.25) is 10.1 Å². The Morgan fingerprint density at radius 3 is 2.93 bits per heavy atom. The van der Waals surface area contributed by atoms with Crippen molar-refractivity contribution in [2.45, 2.75) is 0 Å². The van der Waals surface area contributed by atoms with E-state index >= 15 is 0 Å². The second-order valence-corrected chi connectivity index (χ2v) is 3.24. The van der Waals surface area contributed by atoms with Gasteiger partial charge in [-0.05, 0) is 14.1 Å². The predicted molar refractivity (Wildman–Crippen MR) is 55.7 cm³/mol. The number of rotatable bonds is 5. The first-order valence-electron chi connectivity index (χ1n) is 4.44. The second kappa shape index (κ2) is 5.20. The molecule has 0 radical (unpaired) electrons. The quantitative estimate of drug-likeness (QED) is 0.559. The van der Waals surface area contributed by atoms with Crippen LogP contribution in [0.4, 0.5) is 11.5 Å². The van der Waals surface area contributed by atoms with Gasteiger partial charge in [0.05, 0.1) is 4.92 Å². The van der Waals surface area contributed by atoms with Gasteiger partial charge in [0.1, 0.15) is 12.5 Å². The van der Waals surface area contributed by atoms with Crippen molar-refractivity contribution >= 4 is 11.5 Å². The molecule has 0 saturated carbocycles. The zero-order valence-electron chi connectivity index (χ0n) is 8.67. The van der Waals surface area contributed by atoms with E-state index in [1.54, 1.807) is 0 Å². The Hall–Kier alpha value is -1.76. The van der Waals surface area contributed by atoms with Crippen molar-refractivity contribution < 1.29 is 4.92 Å². The molecule has 0 bridgehead atoms. The van der Waals surface area contributed by atoms with Crippen LogP contribution in [0.15, 0.2) is 12.5 Å². The molecule has 1 aromatic rings. The number of hydrogen-bond donors (Lipinski definition) is 1. The van der Waals surface area contributed by atoms with E-state index < -0.39 is 4.92 Å². The Morgan fingerprint density at radius 2 is 2.33 bits per heavy atom. The first-order chi connectivity index (χ1) is 7.11. The molecule has 1 aromatic heterocycles. The number of nitro groups is 1. The maximum absolute atomic E-state index is 10.6. The minimum absolute atomic E-state index is 0.101. The molecule has 0 spiro atoms. The maximum Gasteiger partial charge on any atom is 0.329 e. The van der Waals surface area contributed by atoms with Crippen LogP contribution in [0, 0.1) is 10.1 Å². The minimum atomic E-state index is -0.502. The number of hydrogen-bond acceptors (Lipinski definition) is 6. The number of aromatic nitrogens is 2. The fourth-order valence-electron chi connectivity index (χ4n) is 0.990. The third kappa shape index (κ3) is 3.47. The molecule has 0 aliphatic rings. The van der Waals surface area contributed by atoms with E-state index in [-0.39, 0.29) is 11.5 Å². The summed E-state index contributed by atoms with van der Waals surface area (Å²) in [4.78, 5) is 19.5. The van der Waals surface area contributed by atoms with E-state index in [4.69, 9.17) is 0 Å². The Balaban J connectivity index is 2.63. The van der Waals surface area contributed by atoms with Gasteiger partial charge in [-0.15, -0.1) is 0 Å². The summed E-state index contributed by atoms with van der Waals surface area (Å²) in [5.41, 5.74) is -0.101. The van der Waals surface area contributed by atoms with Gasteiger partial charge >= 0.3 is 5.69 Å². The van der Waals surface area contributed by atoms with Gasteiger partial charge < -0.3 is 10.2 Å². The molecular formula is C8H13N5O2. The van der Waals surface area contributed by atoms with Crippen LogP contribution in [0.2, 0.25) is 0 Å². The highest BCUT2D eigenvalue weighted by molar-refractivity contribution is 5.53. The zero-order valence-corrected chi connectivity index (χ0v) is 8.67. The Labute approximate surface area is 87.3 Å². The lowest BCUT2D eigenvalue weighted by Crippen LogP contribution is -2.21. The van der Waals surface area contributed by atoms with Crippen molar-refractivity contribution in [1.82, 2.24) is 14.9 Å². The predicted octanol–water partition coefficient (Wildman–Crippen LogP) is 0.358. The smallest absolute Gasteiger partial charge is 0.329 e. The van der Waals surface area contributed by atoms with E-state index in [9.17, 15) is 10.1 Å². The molecule has 0 amide bonds. The second-order valence-electron chi connectivity index (χ2n) is 3.24. The van der Waals surface area contributed by atoms with Crippen molar-refractivity contribution in [2.24, 2.45) is 0 Å². The third-order valence-corrected chi connectivity index (χ3v) is 1.74. The average molecular weight is 211 g/mol. The lowest BCUT2D eigenvalue weighted by atomic mass is 10.4. The van der Waals surface area contributed by atoms with Crippen molar-refractivity contribution in [3.63, 3.8) is 0 Å². The van der Waals surface area contributed by atoms with Crippen LogP contribution in [-0.4, -0.2) is 47.0 Å². The van der Waals surface area contributed by atoms with Crippen LogP contribution in [0.25, 0.3) is 0 Å². The highest BCUT2D eigenvalue weighted by Gasteiger charge is 2.13. The van der Waals surface area contributed by atoms with E-state index in [1.165, 1.54) is 12.5 Å². The minimum Gasteiger partial charge on any atom is -0.363 e. The summed E-state index contributed by atoms with van der Waals surface area (Å²) >= 11 is 0. The van der Waals surface area contributed by atoms with Crippen molar-refractivity contribution in [3.05, 3.63) is 22.6 Å². The lowest BCUT2D eigenvalue weighted by Gasteiger charge is -2.10. The molecule has 15 heavy (non-hydrogen) atoms. The van der Waals surface area contributed by atoms with E-state index in [0.717, 1.165) is 6.54 Å². The summed E-state index contributed by atoms with van der Waals surface area (Å²) in [6.45, 7) is 1.38. The maximum atomic E-state index is 10.6. The fourth-order valence-corrected chi connectivity index (χ4v) is 0.990. The molecule has 7 heteroatoms. The van der Waals surface area contributed by atoms with Gasteiger partial charge in [0.15, 0.2) is 0 Å². The molecule has 0 atom stereocenters. The molecule has 0 fully saturated rings. The van der Waals surface area contributed by atoms with Gasteiger partial charge in [-0.1, -0.05) is 0 Å². The number of likely N-dealkylation sites (N-methyl/N-ethyl adjacent to an activating group) is 1. The van der Waals surface area contributed by atoms with Crippen LogP contribution >= 0.6 is 0 Å². The van der Waals surface area contributed by atoms with Gasteiger partial charge in [0.25, 0.3) is 0 Å². The van der Waals surface area contributed by atoms with E-state index in [2.05, 4.69) is 15.3 Å². The summed E-state index contributed by atoms with van der Waals surface area (Å²) in [7, 11) is 3.85. The van der Waals surface area contributed by atoms with Gasteiger partial charge in [0.2, 0.25) is 5.82 Å². The number of nitrogens with zero attached hydrogens (tertiary/aromatic N) is 4. The molecule has 0 saturated heterocycles. The summed E-state index contributed by atoms with van der Waals surface area (Å²) in [6.07, 6.45) is 2.47. The van der Waals surface area contributed by atoms with Crippen molar-refractivity contribution in [1.29, 1.82) is 0 Å². The molecule has 0 unspecified atom stereocenters. The number of nitrogens with one attached hydrogen (secondary N) is 1. The van der Waals surface area contributed by atoms with Crippen LogP contribution in [0.3, 0.4) is 0 Å². The molecule has 1 heterocycles. The van der Waals surface area contributed by atoms with Crippen LogP contribution < -0.4 is 5.32 Å². The first-order valence-corrected chi connectivity index (χ1v) is 4.44. The van der Waals surface area contributed by atoms with Crippen LogP contribution in [0.1, 0.15) is 0 Å². The van der Waals surface area contributed by atoms with Crippen LogP contribution in [-0.2, 0) is 0 Å². The Kier molecular flexibility index (Phi) is 3.92. The number of anilines is 1. The zero-order chi connectivity index (χ0) is 11.3. The summed E-state index contributed by atoms with van der Waals surface area (Å²) in [5.74, 6) is 0.261. The Bertz CT molecular complexity index is 342. The molecule has 0 aliphatic heterocycles. The molecule has 0 aromatic carbocycles. The molecule has 1 rings (SSSR count). The van der Waals surface area contributed by atoms with Gasteiger partial charge in [-0.25, -0.2) is 9.97 Å². The summed E-state index contributed by atoms with van der Waals surface area (Å²) < 4.78 is 0. The SMILES string of the molecule is CN(C)CCNc1ncncc1[N+](=O)[O-]. The summed E-state index contributed by atoms with van der Waals surface area (Å²) in [5, 5.41) is 13.5. The normalized spacial score (nSPS) is 10.3. The monoisotopic (exact) mass is 211 g/mol. The largest absolute Gasteiger partial charge is 0.363 e. The molecule has 82 valence electrons. The molecular weight excluding hydrogens is 198 g/mol. The van der Waals surface area contributed by atoms with Gasteiger partial charge in [0, 0.05) is 13.1 Å².